The lowest BCUT2D eigenvalue weighted by Gasteiger charge is -2.37. The first-order chi connectivity index (χ1) is 7.18. The lowest BCUT2D eigenvalue weighted by atomic mass is 10.1. The minimum absolute atomic E-state index is 0.276. The molecule has 0 bridgehead atoms. The smallest absolute Gasteiger partial charge is 0.0687 e. The van der Waals surface area contributed by atoms with Gasteiger partial charge in [-0.2, -0.15) is 0 Å². The van der Waals surface area contributed by atoms with Crippen LogP contribution in [0.2, 0.25) is 0 Å². The van der Waals surface area contributed by atoms with Crippen LogP contribution in [0.15, 0.2) is 24.3 Å². The van der Waals surface area contributed by atoms with E-state index in [9.17, 15) is 5.11 Å². The Morgan fingerprint density at radius 3 is 2.60 bits per heavy atom. The average molecular weight is 206 g/mol. The van der Waals surface area contributed by atoms with Crippen molar-refractivity contribution in [1.29, 1.82) is 0 Å². The van der Waals surface area contributed by atoms with Gasteiger partial charge in [-0.25, -0.2) is 0 Å². The lowest BCUT2D eigenvalue weighted by molar-refractivity contribution is 0.200. The summed E-state index contributed by atoms with van der Waals surface area (Å²) >= 11 is 0. The van der Waals surface area contributed by atoms with Crippen LogP contribution in [-0.2, 0) is 0 Å². The molecule has 1 aliphatic rings. The van der Waals surface area contributed by atoms with E-state index < -0.39 is 0 Å². The summed E-state index contributed by atoms with van der Waals surface area (Å²) in [5.74, 6) is 0. The number of β-amino-alcohol motifs (C(OH)–C–C–N with tert-alkyl or cyclic N) is 1. The molecule has 1 aromatic carbocycles. The molecule has 0 fully saturated rings. The van der Waals surface area contributed by atoms with E-state index in [1.54, 1.807) is 0 Å². The number of aliphatic hydroxyl groups excluding tert-OH is 1. The van der Waals surface area contributed by atoms with E-state index in [0.29, 0.717) is 6.54 Å². The number of benzene rings is 1. The van der Waals surface area contributed by atoms with Crippen molar-refractivity contribution in [2.24, 2.45) is 0 Å². The van der Waals surface area contributed by atoms with E-state index in [4.69, 9.17) is 0 Å². The van der Waals surface area contributed by atoms with Gasteiger partial charge in [-0.1, -0.05) is 12.1 Å². The fourth-order valence-corrected chi connectivity index (χ4v) is 2.07. The number of para-hydroxylation sites is 2. The van der Waals surface area contributed by atoms with Crippen molar-refractivity contribution < 1.29 is 5.11 Å². The molecule has 0 unspecified atom stereocenters. The predicted molar refractivity (Wildman–Crippen MR) is 63.6 cm³/mol. The third kappa shape index (κ3) is 2.07. The van der Waals surface area contributed by atoms with Gasteiger partial charge in [0.15, 0.2) is 0 Å². The molecule has 1 atom stereocenters. The Balaban J connectivity index is 2.28. The Morgan fingerprint density at radius 1 is 1.27 bits per heavy atom. The van der Waals surface area contributed by atoms with Crippen molar-refractivity contribution in [3.05, 3.63) is 24.3 Å². The molecule has 1 aliphatic heterocycles. The summed E-state index contributed by atoms with van der Waals surface area (Å²) in [7, 11) is 2.11. The van der Waals surface area contributed by atoms with Gasteiger partial charge in [0.1, 0.15) is 0 Å². The molecule has 1 N–H and O–H groups in total. The number of rotatable bonds is 2. The van der Waals surface area contributed by atoms with Crippen molar-refractivity contribution in [1.82, 2.24) is 0 Å². The zero-order chi connectivity index (χ0) is 10.8. The molecule has 0 aliphatic carbocycles. The highest BCUT2D eigenvalue weighted by Crippen LogP contribution is 2.31. The van der Waals surface area contributed by atoms with Crippen molar-refractivity contribution >= 4 is 11.4 Å². The van der Waals surface area contributed by atoms with Gasteiger partial charge in [0, 0.05) is 26.7 Å². The maximum atomic E-state index is 9.44. The first-order valence-corrected chi connectivity index (χ1v) is 5.41. The Labute approximate surface area is 90.9 Å². The van der Waals surface area contributed by atoms with Gasteiger partial charge in [-0.15, -0.1) is 0 Å². The number of likely N-dealkylation sites (N-methyl/N-ethyl adjacent to an activating group) is 1. The molecule has 15 heavy (non-hydrogen) atoms. The molecule has 3 nitrogen and oxygen atoms in total. The number of aliphatic hydroxyl groups is 1. The van der Waals surface area contributed by atoms with Crippen LogP contribution in [0.4, 0.5) is 11.4 Å². The van der Waals surface area contributed by atoms with Crippen LogP contribution in [0.3, 0.4) is 0 Å². The molecule has 1 heterocycles. The van der Waals surface area contributed by atoms with E-state index in [1.807, 2.05) is 13.0 Å². The molecule has 1 aromatic rings. The predicted octanol–water partition coefficient (Wildman–Crippen LogP) is 1.32. The molecule has 0 amide bonds. The third-order valence-electron chi connectivity index (χ3n) is 2.82. The molecule has 0 saturated carbocycles. The third-order valence-corrected chi connectivity index (χ3v) is 2.82. The normalized spacial score (nSPS) is 17.5. The van der Waals surface area contributed by atoms with Gasteiger partial charge in [0.05, 0.1) is 17.5 Å². The minimum atomic E-state index is -0.276. The second-order valence-corrected chi connectivity index (χ2v) is 4.21. The van der Waals surface area contributed by atoms with E-state index in [2.05, 4.69) is 35.0 Å². The van der Waals surface area contributed by atoms with Gasteiger partial charge in [0.25, 0.3) is 0 Å². The lowest BCUT2D eigenvalue weighted by Crippen LogP contribution is -2.42. The van der Waals surface area contributed by atoms with Crippen LogP contribution in [0.25, 0.3) is 0 Å². The molecular weight excluding hydrogens is 188 g/mol. The molecule has 0 spiro atoms. The van der Waals surface area contributed by atoms with E-state index >= 15 is 0 Å². The fourth-order valence-electron chi connectivity index (χ4n) is 2.07. The zero-order valence-corrected chi connectivity index (χ0v) is 9.35. The van der Waals surface area contributed by atoms with Crippen LogP contribution in [0.1, 0.15) is 6.92 Å². The van der Waals surface area contributed by atoms with Crippen molar-refractivity contribution in [2.75, 3.05) is 36.5 Å². The van der Waals surface area contributed by atoms with Crippen LogP contribution < -0.4 is 9.80 Å². The number of fused-ring (bicyclic) bond motifs is 1. The molecule has 0 saturated heterocycles. The number of anilines is 2. The number of hydrogen-bond acceptors (Lipinski definition) is 3. The average Bonchev–Trinajstić information content (AvgIpc) is 2.22. The molecule has 3 heteroatoms. The SMILES string of the molecule is C[C@@H](O)CN1CCN(C)c2ccccc21. The summed E-state index contributed by atoms with van der Waals surface area (Å²) in [5, 5.41) is 9.44. The quantitative estimate of drug-likeness (QED) is 0.790. The van der Waals surface area contributed by atoms with Crippen LogP contribution in [0, 0.1) is 0 Å². The maximum Gasteiger partial charge on any atom is 0.0687 e. The Bertz CT molecular complexity index is 338. The summed E-state index contributed by atoms with van der Waals surface area (Å²) in [6.45, 7) is 4.55. The zero-order valence-electron chi connectivity index (χ0n) is 9.35. The highest BCUT2D eigenvalue weighted by Gasteiger charge is 2.20. The van der Waals surface area contributed by atoms with Crippen molar-refractivity contribution in [3.63, 3.8) is 0 Å². The van der Waals surface area contributed by atoms with Gasteiger partial charge in [-0.3, -0.25) is 0 Å². The van der Waals surface area contributed by atoms with Crippen molar-refractivity contribution in [3.8, 4) is 0 Å². The van der Waals surface area contributed by atoms with Crippen molar-refractivity contribution in [2.45, 2.75) is 13.0 Å². The largest absolute Gasteiger partial charge is 0.392 e. The molecular formula is C12H18N2O. The minimum Gasteiger partial charge on any atom is -0.392 e. The first-order valence-electron chi connectivity index (χ1n) is 5.41. The summed E-state index contributed by atoms with van der Waals surface area (Å²) < 4.78 is 0. The maximum absolute atomic E-state index is 9.44. The molecule has 0 aromatic heterocycles. The summed E-state index contributed by atoms with van der Waals surface area (Å²) in [4.78, 5) is 4.51. The van der Waals surface area contributed by atoms with E-state index in [0.717, 1.165) is 13.1 Å². The number of nitrogens with zero attached hydrogens (tertiary/aromatic N) is 2. The first kappa shape index (κ1) is 10.3. The van der Waals surface area contributed by atoms with Crippen LogP contribution in [0.5, 0.6) is 0 Å². The van der Waals surface area contributed by atoms with Gasteiger partial charge in [-0.05, 0) is 19.1 Å². The highest BCUT2D eigenvalue weighted by atomic mass is 16.3. The second-order valence-electron chi connectivity index (χ2n) is 4.21. The van der Waals surface area contributed by atoms with Gasteiger partial charge >= 0.3 is 0 Å². The van der Waals surface area contributed by atoms with E-state index in [-0.39, 0.29) is 6.10 Å². The van der Waals surface area contributed by atoms with Gasteiger partial charge in [0.2, 0.25) is 0 Å². The Morgan fingerprint density at radius 2 is 1.93 bits per heavy atom. The Hall–Kier alpha value is -1.22. The highest BCUT2D eigenvalue weighted by molar-refractivity contribution is 5.73. The molecule has 0 radical (unpaired) electrons. The van der Waals surface area contributed by atoms with E-state index in [1.165, 1.54) is 11.4 Å². The standard InChI is InChI=1S/C12H18N2O/c1-10(15)9-14-8-7-13(2)11-5-3-4-6-12(11)14/h3-6,10,15H,7-9H2,1-2H3/t10-/m1/s1. The van der Waals surface area contributed by atoms with Crippen LogP contribution in [-0.4, -0.2) is 37.9 Å². The second kappa shape index (κ2) is 4.11. The monoisotopic (exact) mass is 206 g/mol. The molecule has 82 valence electrons. The van der Waals surface area contributed by atoms with Gasteiger partial charge < -0.3 is 14.9 Å². The summed E-state index contributed by atoms with van der Waals surface area (Å²) in [6.07, 6.45) is -0.276. The summed E-state index contributed by atoms with van der Waals surface area (Å²) in [5.41, 5.74) is 2.48. The molecule has 2 rings (SSSR count). The van der Waals surface area contributed by atoms with Crippen LogP contribution >= 0.6 is 0 Å². The number of hydrogen-bond donors (Lipinski definition) is 1. The summed E-state index contributed by atoms with van der Waals surface area (Å²) in [6, 6.07) is 8.35. The fraction of sp³-hybridized carbons (Fsp3) is 0.500. The topological polar surface area (TPSA) is 26.7 Å². The Kier molecular flexibility index (Phi) is 2.82.